The molecule has 0 bridgehead atoms. The molecule has 0 aliphatic carbocycles. The molecule has 1 unspecified atom stereocenters. The molecule has 0 spiro atoms. The van der Waals surface area contributed by atoms with E-state index < -0.39 is 0 Å². The maximum absolute atomic E-state index is 9.18. The summed E-state index contributed by atoms with van der Waals surface area (Å²) in [4.78, 5) is 0. The summed E-state index contributed by atoms with van der Waals surface area (Å²) < 4.78 is 5.34. The van der Waals surface area contributed by atoms with Crippen molar-refractivity contribution in [3.63, 3.8) is 0 Å². The SMILES string of the molecule is COc1cc(C(C)C)c(Cl)cc1C(C)CO. The van der Waals surface area contributed by atoms with E-state index in [2.05, 4.69) is 13.8 Å². The van der Waals surface area contributed by atoms with Gasteiger partial charge in [-0.3, -0.25) is 0 Å². The van der Waals surface area contributed by atoms with Gasteiger partial charge in [0.25, 0.3) is 0 Å². The van der Waals surface area contributed by atoms with Crippen LogP contribution in [0.5, 0.6) is 5.75 Å². The molecule has 3 heteroatoms. The Morgan fingerprint density at radius 1 is 1.25 bits per heavy atom. The van der Waals surface area contributed by atoms with E-state index in [0.29, 0.717) is 5.92 Å². The molecule has 1 rings (SSSR count). The number of hydrogen-bond donors (Lipinski definition) is 1. The van der Waals surface area contributed by atoms with Gasteiger partial charge in [0.2, 0.25) is 0 Å². The lowest BCUT2D eigenvalue weighted by Gasteiger charge is -2.17. The van der Waals surface area contributed by atoms with Crippen molar-refractivity contribution in [2.24, 2.45) is 0 Å². The predicted octanol–water partition coefficient (Wildman–Crippen LogP) is 3.57. The second-order valence-electron chi connectivity index (χ2n) is 4.35. The van der Waals surface area contributed by atoms with E-state index in [0.717, 1.165) is 21.9 Å². The van der Waals surface area contributed by atoms with Gasteiger partial charge in [-0.1, -0.05) is 32.4 Å². The first-order chi connectivity index (χ1) is 7.51. The zero-order chi connectivity index (χ0) is 12.3. The average molecular weight is 243 g/mol. The summed E-state index contributed by atoms with van der Waals surface area (Å²) >= 11 is 6.22. The minimum Gasteiger partial charge on any atom is -0.496 e. The molecule has 0 saturated heterocycles. The smallest absolute Gasteiger partial charge is 0.122 e. The van der Waals surface area contributed by atoms with Gasteiger partial charge >= 0.3 is 0 Å². The minimum atomic E-state index is 0.0358. The van der Waals surface area contributed by atoms with E-state index in [4.69, 9.17) is 16.3 Å². The zero-order valence-electron chi connectivity index (χ0n) is 10.2. The van der Waals surface area contributed by atoms with Gasteiger partial charge in [0.05, 0.1) is 7.11 Å². The third kappa shape index (κ3) is 2.69. The molecule has 16 heavy (non-hydrogen) atoms. The monoisotopic (exact) mass is 242 g/mol. The molecule has 0 radical (unpaired) electrons. The Morgan fingerprint density at radius 3 is 2.31 bits per heavy atom. The third-order valence-corrected chi connectivity index (χ3v) is 3.10. The second kappa shape index (κ2) is 5.55. The fraction of sp³-hybridized carbons (Fsp3) is 0.538. The third-order valence-electron chi connectivity index (χ3n) is 2.78. The molecule has 0 aliphatic rings. The fourth-order valence-corrected chi connectivity index (χ4v) is 2.08. The van der Waals surface area contributed by atoms with E-state index in [9.17, 15) is 5.11 Å². The largest absolute Gasteiger partial charge is 0.496 e. The van der Waals surface area contributed by atoms with Crippen molar-refractivity contribution in [3.05, 3.63) is 28.3 Å². The van der Waals surface area contributed by atoms with Crippen LogP contribution in [0.25, 0.3) is 0 Å². The van der Waals surface area contributed by atoms with Crippen molar-refractivity contribution >= 4 is 11.6 Å². The summed E-state index contributed by atoms with van der Waals surface area (Å²) in [6, 6.07) is 3.87. The number of aliphatic hydroxyl groups excluding tert-OH is 1. The van der Waals surface area contributed by atoms with Crippen LogP contribution in [0, 0.1) is 0 Å². The van der Waals surface area contributed by atoms with Crippen LogP contribution in [0.1, 0.15) is 43.7 Å². The molecule has 1 aromatic rings. The van der Waals surface area contributed by atoms with Crippen molar-refractivity contribution in [2.75, 3.05) is 13.7 Å². The highest BCUT2D eigenvalue weighted by molar-refractivity contribution is 6.31. The summed E-state index contributed by atoms with van der Waals surface area (Å²) in [7, 11) is 1.64. The average Bonchev–Trinajstić information content (AvgIpc) is 2.27. The van der Waals surface area contributed by atoms with E-state index in [1.165, 1.54) is 0 Å². The van der Waals surface area contributed by atoms with Crippen LogP contribution in [-0.2, 0) is 0 Å². The van der Waals surface area contributed by atoms with Gasteiger partial charge in [0.15, 0.2) is 0 Å². The van der Waals surface area contributed by atoms with Crippen LogP contribution in [-0.4, -0.2) is 18.8 Å². The minimum absolute atomic E-state index is 0.0358. The Kier molecular flexibility index (Phi) is 4.63. The van der Waals surface area contributed by atoms with Gasteiger partial charge in [-0.25, -0.2) is 0 Å². The van der Waals surface area contributed by atoms with Crippen molar-refractivity contribution < 1.29 is 9.84 Å². The standard InChI is InChI=1S/C13H19ClO2/c1-8(2)10-6-13(16-4)11(5-12(10)14)9(3)7-15/h5-6,8-9,15H,7H2,1-4H3. The number of halogens is 1. The Labute approximate surface area is 102 Å². The molecule has 1 N–H and O–H groups in total. The van der Waals surface area contributed by atoms with E-state index >= 15 is 0 Å². The molecule has 90 valence electrons. The van der Waals surface area contributed by atoms with Crippen LogP contribution < -0.4 is 4.74 Å². The maximum Gasteiger partial charge on any atom is 0.122 e. The molecule has 1 aromatic carbocycles. The first kappa shape index (κ1) is 13.3. The summed E-state index contributed by atoms with van der Waals surface area (Å²) in [6.45, 7) is 6.22. The molecular formula is C13H19ClO2. The van der Waals surface area contributed by atoms with Crippen molar-refractivity contribution in [1.29, 1.82) is 0 Å². The Morgan fingerprint density at radius 2 is 1.88 bits per heavy atom. The summed E-state index contributed by atoms with van der Waals surface area (Å²) in [5.41, 5.74) is 2.03. The molecule has 1 atom stereocenters. The molecule has 0 fully saturated rings. The molecular weight excluding hydrogens is 224 g/mol. The Hall–Kier alpha value is -0.730. The Bertz CT molecular complexity index is 361. The van der Waals surface area contributed by atoms with Gasteiger partial charge in [-0.15, -0.1) is 0 Å². The Balaban J connectivity index is 3.26. The van der Waals surface area contributed by atoms with Crippen LogP contribution >= 0.6 is 11.6 Å². The lowest BCUT2D eigenvalue weighted by Crippen LogP contribution is -2.03. The quantitative estimate of drug-likeness (QED) is 0.875. The lowest BCUT2D eigenvalue weighted by atomic mass is 9.95. The summed E-state index contributed by atoms with van der Waals surface area (Å²) in [5, 5.41) is 9.92. The molecule has 2 nitrogen and oxygen atoms in total. The first-order valence-electron chi connectivity index (χ1n) is 5.49. The molecule has 0 heterocycles. The normalized spacial score (nSPS) is 12.9. The molecule has 0 amide bonds. The van der Waals surface area contributed by atoms with Gasteiger partial charge in [0, 0.05) is 23.1 Å². The predicted molar refractivity (Wildman–Crippen MR) is 67.6 cm³/mol. The van der Waals surface area contributed by atoms with Gasteiger partial charge in [-0.05, 0) is 23.6 Å². The maximum atomic E-state index is 9.18. The fourth-order valence-electron chi connectivity index (χ4n) is 1.69. The first-order valence-corrected chi connectivity index (χ1v) is 5.87. The van der Waals surface area contributed by atoms with Crippen LogP contribution in [0.15, 0.2) is 12.1 Å². The highest BCUT2D eigenvalue weighted by Gasteiger charge is 2.15. The highest BCUT2D eigenvalue weighted by atomic mass is 35.5. The number of hydrogen-bond acceptors (Lipinski definition) is 2. The zero-order valence-corrected chi connectivity index (χ0v) is 11.0. The van der Waals surface area contributed by atoms with Gasteiger partial charge in [0.1, 0.15) is 5.75 Å². The second-order valence-corrected chi connectivity index (χ2v) is 4.76. The number of rotatable bonds is 4. The van der Waals surface area contributed by atoms with E-state index in [-0.39, 0.29) is 12.5 Å². The number of methoxy groups -OCH3 is 1. The number of ether oxygens (including phenoxy) is 1. The van der Waals surface area contributed by atoms with Crippen LogP contribution in [0.4, 0.5) is 0 Å². The van der Waals surface area contributed by atoms with Crippen molar-refractivity contribution in [2.45, 2.75) is 32.6 Å². The summed E-state index contributed by atoms with van der Waals surface area (Å²) in [6.07, 6.45) is 0. The summed E-state index contributed by atoms with van der Waals surface area (Å²) in [5.74, 6) is 1.20. The number of aliphatic hydroxyl groups is 1. The van der Waals surface area contributed by atoms with Gasteiger partial charge in [-0.2, -0.15) is 0 Å². The van der Waals surface area contributed by atoms with E-state index in [1.807, 2.05) is 19.1 Å². The molecule has 0 saturated carbocycles. The lowest BCUT2D eigenvalue weighted by molar-refractivity contribution is 0.269. The topological polar surface area (TPSA) is 29.5 Å². The molecule has 0 aliphatic heterocycles. The van der Waals surface area contributed by atoms with E-state index in [1.54, 1.807) is 7.11 Å². The van der Waals surface area contributed by atoms with Crippen molar-refractivity contribution in [1.82, 2.24) is 0 Å². The van der Waals surface area contributed by atoms with Crippen LogP contribution in [0.2, 0.25) is 5.02 Å². The highest BCUT2D eigenvalue weighted by Crippen LogP contribution is 2.35. The van der Waals surface area contributed by atoms with Gasteiger partial charge < -0.3 is 9.84 Å². The number of benzene rings is 1. The van der Waals surface area contributed by atoms with Crippen LogP contribution in [0.3, 0.4) is 0 Å². The molecule has 0 aromatic heterocycles. The van der Waals surface area contributed by atoms with Crippen molar-refractivity contribution in [3.8, 4) is 5.75 Å².